The van der Waals surface area contributed by atoms with E-state index in [0.29, 0.717) is 38.0 Å². The maximum absolute atomic E-state index is 12.4. The molecule has 29 heavy (non-hydrogen) atoms. The van der Waals surface area contributed by atoms with Crippen LogP contribution in [0.2, 0.25) is 0 Å². The molecule has 3 amide bonds. The Balaban J connectivity index is 1.22. The van der Waals surface area contributed by atoms with Crippen LogP contribution in [0.4, 0.5) is 0 Å². The molecule has 4 rings (SSSR count). The van der Waals surface area contributed by atoms with Gasteiger partial charge in [-0.2, -0.15) is 0 Å². The minimum Gasteiger partial charge on any atom is -0.350 e. The van der Waals surface area contributed by atoms with Crippen LogP contribution in [0.1, 0.15) is 34.5 Å². The molecular weight excluding hydrogens is 368 g/mol. The van der Waals surface area contributed by atoms with E-state index in [1.165, 1.54) is 0 Å². The Bertz CT molecular complexity index is 915. The van der Waals surface area contributed by atoms with Gasteiger partial charge in [-0.25, -0.2) is 0 Å². The zero-order valence-electron chi connectivity index (χ0n) is 16.2. The summed E-state index contributed by atoms with van der Waals surface area (Å²) in [6, 6.07) is 13.0. The molecule has 2 aromatic rings. The number of aryl methyl sites for hydroxylation is 1. The van der Waals surface area contributed by atoms with Crippen molar-refractivity contribution in [1.29, 1.82) is 0 Å². The summed E-state index contributed by atoms with van der Waals surface area (Å²) >= 11 is 0. The number of carbonyl (C=O) groups excluding carboxylic acids is 3. The Labute approximate surface area is 169 Å². The summed E-state index contributed by atoms with van der Waals surface area (Å²) in [4.78, 5) is 44.8. The molecule has 1 atom stereocenters. The molecule has 2 aliphatic heterocycles. The van der Waals surface area contributed by atoms with Crippen LogP contribution >= 0.6 is 0 Å². The highest BCUT2D eigenvalue weighted by Crippen LogP contribution is 2.22. The highest BCUT2D eigenvalue weighted by atomic mass is 16.2. The van der Waals surface area contributed by atoms with Crippen LogP contribution in [0, 0.1) is 0 Å². The molecule has 7 nitrogen and oxygen atoms in total. The SMILES string of the molecule is O=C(CN1Cc2ccccc2C1=O)N[C@@H]1CCN(C(=O)CCc2ccccn2)C1. The maximum Gasteiger partial charge on any atom is 0.254 e. The first-order valence-electron chi connectivity index (χ1n) is 9.94. The molecule has 1 aromatic heterocycles. The van der Waals surface area contributed by atoms with Crippen LogP contribution < -0.4 is 5.32 Å². The lowest BCUT2D eigenvalue weighted by Crippen LogP contribution is -2.43. The van der Waals surface area contributed by atoms with Crippen molar-refractivity contribution in [2.45, 2.75) is 31.8 Å². The molecule has 0 aliphatic carbocycles. The van der Waals surface area contributed by atoms with Crippen molar-refractivity contribution in [1.82, 2.24) is 20.1 Å². The van der Waals surface area contributed by atoms with E-state index in [9.17, 15) is 14.4 Å². The van der Waals surface area contributed by atoms with E-state index in [2.05, 4.69) is 10.3 Å². The van der Waals surface area contributed by atoms with Gasteiger partial charge in [0.25, 0.3) is 5.91 Å². The zero-order chi connectivity index (χ0) is 20.2. The lowest BCUT2D eigenvalue weighted by Gasteiger charge is -2.19. The highest BCUT2D eigenvalue weighted by molar-refractivity contribution is 6.00. The number of hydrogen-bond donors (Lipinski definition) is 1. The number of rotatable bonds is 6. The molecule has 0 radical (unpaired) electrons. The van der Waals surface area contributed by atoms with E-state index in [4.69, 9.17) is 0 Å². The Morgan fingerprint density at radius 1 is 1.14 bits per heavy atom. The van der Waals surface area contributed by atoms with Crippen molar-refractivity contribution in [3.05, 3.63) is 65.5 Å². The van der Waals surface area contributed by atoms with E-state index in [1.807, 2.05) is 36.4 Å². The monoisotopic (exact) mass is 392 g/mol. The van der Waals surface area contributed by atoms with Crippen LogP contribution in [0.25, 0.3) is 0 Å². The number of likely N-dealkylation sites (tertiary alicyclic amines) is 1. The standard InChI is InChI=1S/C22H24N4O3/c27-20(15-26-13-16-5-1-2-7-19(16)22(26)29)24-18-10-12-25(14-18)21(28)9-8-17-6-3-4-11-23-17/h1-7,11,18H,8-10,12-15H2,(H,24,27)/t18-/m1/s1. The van der Waals surface area contributed by atoms with Crippen molar-refractivity contribution in [3.63, 3.8) is 0 Å². The van der Waals surface area contributed by atoms with Gasteiger partial charge >= 0.3 is 0 Å². The first-order chi connectivity index (χ1) is 14.1. The Morgan fingerprint density at radius 2 is 1.97 bits per heavy atom. The maximum atomic E-state index is 12.4. The fraction of sp³-hybridized carbons (Fsp3) is 0.364. The highest BCUT2D eigenvalue weighted by Gasteiger charge is 2.31. The third-order valence-corrected chi connectivity index (χ3v) is 5.46. The van der Waals surface area contributed by atoms with E-state index in [1.54, 1.807) is 22.1 Å². The summed E-state index contributed by atoms with van der Waals surface area (Å²) in [6.45, 7) is 1.66. The number of amides is 3. The van der Waals surface area contributed by atoms with Crippen molar-refractivity contribution in [3.8, 4) is 0 Å². The second-order valence-electron chi connectivity index (χ2n) is 7.53. The molecule has 1 aromatic carbocycles. The second kappa shape index (κ2) is 8.43. The van der Waals surface area contributed by atoms with Gasteiger partial charge in [0.1, 0.15) is 6.54 Å². The molecule has 3 heterocycles. The number of carbonyl (C=O) groups is 3. The van der Waals surface area contributed by atoms with Crippen LogP contribution in [-0.2, 0) is 22.6 Å². The zero-order valence-corrected chi connectivity index (χ0v) is 16.2. The van der Waals surface area contributed by atoms with Gasteiger partial charge in [-0.05, 0) is 36.6 Å². The topological polar surface area (TPSA) is 82.6 Å². The summed E-state index contributed by atoms with van der Waals surface area (Å²) in [5.41, 5.74) is 2.53. The predicted octanol–water partition coefficient (Wildman–Crippen LogP) is 1.39. The molecule has 1 fully saturated rings. The van der Waals surface area contributed by atoms with E-state index >= 15 is 0 Å². The first kappa shape index (κ1) is 19.1. The Morgan fingerprint density at radius 3 is 2.76 bits per heavy atom. The number of benzene rings is 1. The molecule has 150 valence electrons. The average Bonchev–Trinajstić information content (AvgIpc) is 3.32. The van der Waals surface area contributed by atoms with Gasteiger partial charge in [0, 0.05) is 49.6 Å². The smallest absolute Gasteiger partial charge is 0.254 e. The molecule has 1 saturated heterocycles. The number of nitrogens with one attached hydrogen (secondary N) is 1. The fourth-order valence-corrected chi connectivity index (χ4v) is 3.93. The summed E-state index contributed by atoms with van der Waals surface area (Å²) in [7, 11) is 0. The normalized spacial score (nSPS) is 18.1. The first-order valence-corrected chi connectivity index (χ1v) is 9.94. The van der Waals surface area contributed by atoms with Crippen LogP contribution in [0.3, 0.4) is 0 Å². The van der Waals surface area contributed by atoms with Gasteiger partial charge in [-0.3, -0.25) is 19.4 Å². The number of nitrogens with zero attached hydrogens (tertiary/aromatic N) is 3. The molecule has 0 spiro atoms. The second-order valence-corrected chi connectivity index (χ2v) is 7.53. The molecule has 2 aliphatic rings. The average molecular weight is 392 g/mol. The Hall–Kier alpha value is -3.22. The van der Waals surface area contributed by atoms with Crippen molar-refractivity contribution in [2.75, 3.05) is 19.6 Å². The summed E-state index contributed by atoms with van der Waals surface area (Å²) in [5.74, 6) is -0.204. The quantitative estimate of drug-likeness (QED) is 0.805. The molecule has 0 bridgehead atoms. The van der Waals surface area contributed by atoms with E-state index in [-0.39, 0.29) is 30.3 Å². The number of fused-ring (bicyclic) bond motifs is 1. The van der Waals surface area contributed by atoms with Crippen LogP contribution in [0.15, 0.2) is 48.7 Å². The van der Waals surface area contributed by atoms with Gasteiger partial charge in [0.15, 0.2) is 0 Å². The van der Waals surface area contributed by atoms with Gasteiger partial charge in [0.2, 0.25) is 11.8 Å². The fourth-order valence-electron chi connectivity index (χ4n) is 3.93. The third-order valence-electron chi connectivity index (χ3n) is 5.46. The summed E-state index contributed by atoms with van der Waals surface area (Å²) in [5, 5.41) is 2.97. The number of pyridine rings is 1. The molecule has 0 unspecified atom stereocenters. The van der Waals surface area contributed by atoms with Gasteiger partial charge in [-0.15, -0.1) is 0 Å². The molecule has 0 saturated carbocycles. The van der Waals surface area contributed by atoms with E-state index < -0.39 is 0 Å². The molecule has 1 N–H and O–H groups in total. The van der Waals surface area contributed by atoms with Crippen molar-refractivity contribution < 1.29 is 14.4 Å². The van der Waals surface area contributed by atoms with Crippen molar-refractivity contribution in [2.24, 2.45) is 0 Å². The van der Waals surface area contributed by atoms with Gasteiger partial charge in [-0.1, -0.05) is 24.3 Å². The lowest BCUT2D eigenvalue weighted by molar-refractivity contribution is -0.130. The van der Waals surface area contributed by atoms with E-state index in [0.717, 1.165) is 17.7 Å². The largest absolute Gasteiger partial charge is 0.350 e. The minimum atomic E-state index is -0.182. The Kier molecular flexibility index (Phi) is 5.55. The molecule has 7 heteroatoms. The molecular formula is C22H24N4O3. The van der Waals surface area contributed by atoms with Crippen LogP contribution in [0.5, 0.6) is 0 Å². The van der Waals surface area contributed by atoms with Gasteiger partial charge < -0.3 is 15.1 Å². The number of hydrogen-bond acceptors (Lipinski definition) is 4. The lowest BCUT2D eigenvalue weighted by atomic mass is 10.1. The van der Waals surface area contributed by atoms with Gasteiger partial charge in [0.05, 0.1) is 0 Å². The summed E-state index contributed by atoms with van der Waals surface area (Å²) in [6.07, 6.45) is 3.49. The summed E-state index contributed by atoms with van der Waals surface area (Å²) < 4.78 is 0. The number of aromatic nitrogens is 1. The predicted molar refractivity (Wildman–Crippen MR) is 107 cm³/mol. The van der Waals surface area contributed by atoms with Crippen LogP contribution in [-0.4, -0.2) is 58.2 Å². The van der Waals surface area contributed by atoms with Crippen molar-refractivity contribution >= 4 is 17.7 Å². The minimum absolute atomic E-state index is 0.0393. The third kappa shape index (κ3) is 4.45.